The molecule has 0 saturated carbocycles. The van der Waals surface area contributed by atoms with E-state index in [0.717, 1.165) is 5.56 Å². The number of rotatable bonds is 8. The predicted octanol–water partition coefficient (Wildman–Crippen LogP) is 1.68. The minimum Gasteiger partial charge on any atom is -0.469 e. The Balaban J connectivity index is 2.52. The number of nitrogens with one attached hydrogen (secondary N) is 1. The van der Waals surface area contributed by atoms with Crippen LogP contribution in [0.3, 0.4) is 0 Å². The van der Waals surface area contributed by atoms with Crippen LogP contribution >= 0.6 is 0 Å². The Morgan fingerprint density at radius 2 is 1.86 bits per heavy atom. The molecule has 0 aliphatic rings. The number of carbonyl (C=O) groups is 2. The van der Waals surface area contributed by atoms with Crippen molar-refractivity contribution in [1.29, 1.82) is 0 Å². The summed E-state index contributed by atoms with van der Waals surface area (Å²) in [5.41, 5.74) is 1.38. The largest absolute Gasteiger partial charge is 0.469 e. The molecular formula is C16H21NO4. The van der Waals surface area contributed by atoms with E-state index in [2.05, 4.69) is 16.6 Å². The highest BCUT2D eigenvalue weighted by atomic mass is 16.5. The molecule has 1 atom stereocenters. The smallest absolute Gasteiger partial charge is 0.333 e. The van der Waals surface area contributed by atoms with E-state index in [0.29, 0.717) is 13.1 Å². The zero-order valence-electron chi connectivity index (χ0n) is 12.4. The van der Waals surface area contributed by atoms with Crippen molar-refractivity contribution in [2.24, 2.45) is 5.92 Å². The van der Waals surface area contributed by atoms with Gasteiger partial charge < -0.3 is 14.8 Å². The molecule has 1 aromatic rings. The zero-order chi connectivity index (χ0) is 15.7. The summed E-state index contributed by atoms with van der Waals surface area (Å²) in [6.45, 7) is 4.68. The van der Waals surface area contributed by atoms with Gasteiger partial charge in [-0.3, -0.25) is 4.79 Å². The average molecular weight is 291 g/mol. The summed E-state index contributed by atoms with van der Waals surface area (Å²) in [7, 11) is 2.61. The fourth-order valence-corrected chi connectivity index (χ4v) is 1.92. The van der Waals surface area contributed by atoms with Gasteiger partial charge >= 0.3 is 11.9 Å². The standard InChI is InChI=1S/C16H21NO4/c1-12(15(18)20-2)9-14(16(19)21-3)11-17-10-13-7-5-4-6-8-13/h4-8,14,17H,1,9-11H2,2-3H3. The first-order chi connectivity index (χ1) is 10.1. The first kappa shape index (κ1) is 16.9. The molecule has 0 spiro atoms. The topological polar surface area (TPSA) is 64.6 Å². The molecule has 1 rings (SSSR count). The quantitative estimate of drug-likeness (QED) is 0.583. The molecule has 0 aliphatic carbocycles. The highest BCUT2D eigenvalue weighted by molar-refractivity contribution is 5.88. The fourth-order valence-electron chi connectivity index (χ4n) is 1.92. The van der Waals surface area contributed by atoms with Gasteiger partial charge in [0.05, 0.1) is 20.1 Å². The molecule has 0 aliphatic heterocycles. The summed E-state index contributed by atoms with van der Waals surface area (Å²) in [6.07, 6.45) is 0.209. The summed E-state index contributed by atoms with van der Waals surface area (Å²) >= 11 is 0. The van der Waals surface area contributed by atoms with Gasteiger partial charge in [0.15, 0.2) is 0 Å². The molecule has 0 heterocycles. The number of carbonyl (C=O) groups excluding carboxylic acids is 2. The molecule has 0 radical (unpaired) electrons. The number of methoxy groups -OCH3 is 2. The minimum absolute atomic E-state index is 0.209. The van der Waals surface area contributed by atoms with Crippen molar-refractivity contribution in [3.8, 4) is 0 Å². The molecule has 114 valence electrons. The van der Waals surface area contributed by atoms with Gasteiger partial charge in [-0.1, -0.05) is 36.9 Å². The van der Waals surface area contributed by atoms with E-state index in [4.69, 9.17) is 4.74 Å². The Labute approximate surface area is 124 Å². The van der Waals surface area contributed by atoms with Gasteiger partial charge in [0.25, 0.3) is 0 Å². The molecule has 0 aromatic heterocycles. The van der Waals surface area contributed by atoms with E-state index in [-0.39, 0.29) is 18.0 Å². The summed E-state index contributed by atoms with van der Waals surface area (Å²) in [5.74, 6) is -1.35. The number of hydrogen-bond acceptors (Lipinski definition) is 5. The van der Waals surface area contributed by atoms with Crippen LogP contribution in [-0.4, -0.2) is 32.7 Å². The molecule has 21 heavy (non-hydrogen) atoms. The van der Waals surface area contributed by atoms with Gasteiger partial charge in [0.1, 0.15) is 0 Å². The van der Waals surface area contributed by atoms with Crippen LogP contribution in [0.2, 0.25) is 0 Å². The third kappa shape index (κ3) is 5.79. The lowest BCUT2D eigenvalue weighted by Crippen LogP contribution is -2.30. The van der Waals surface area contributed by atoms with Crippen LogP contribution in [0.5, 0.6) is 0 Å². The molecular weight excluding hydrogens is 270 g/mol. The lowest BCUT2D eigenvalue weighted by Gasteiger charge is -2.16. The number of benzene rings is 1. The number of ether oxygens (including phenoxy) is 2. The lowest BCUT2D eigenvalue weighted by molar-refractivity contribution is -0.145. The molecule has 1 N–H and O–H groups in total. The fraction of sp³-hybridized carbons (Fsp3) is 0.375. The van der Waals surface area contributed by atoms with Crippen LogP contribution in [0.4, 0.5) is 0 Å². The normalized spacial score (nSPS) is 11.5. The third-order valence-corrected chi connectivity index (χ3v) is 3.06. The summed E-state index contributed by atoms with van der Waals surface area (Å²) in [6, 6.07) is 9.84. The van der Waals surface area contributed by atoms with Gasteiger partial charge in [-0.15, -0.1) is 0 Å². The van der Waals surface area contributed by atoms with E-state index in [1.54, 1.807) is 0 Å². The third-order valence-electron chi connectivity index (χ3n) is 3.06. The highest BCUT2D eigenvalue weighted by Gasteiger charge is 2.22. The Morgan fingerprint density at radius 3 is 2.43 bits per heavy atom. The Bertz CT molecular complexity index is 484. The van der Waals surface area contributed by atoms with Crippen molar-refractivity contribution in [1.82, 2.24) is 5.32 Å². The molecule has 5 nitrogen and oxygen atoms in total. The first-order valence-corrected chi connectivity index (χ1v) is 6.67. The van der Waals surface area contributed by atoms with Gasteiger partial charge in [-0.05, 0) is 12.0 Å². The summed E-state index contributed by atoms with van der Waals surface area (Å²) < 4.78 is 9.35. The maximum Gasteiger partial charge on any atom is 0.333 e. The molecule has 0 fully saturated rings. The van der Waals surface area contributed by atoms with E-state index in [1.165, 1.54) is 14.2 Å². The maximum atomic E-state index is 11.7. The van der Waals surface area contributed by atoms with Crippen LogP contribution in [0.25, 0.3) is 0 Å². The molecule has 0 bridgehead atoms. The molecule has 0 saturated heterocycles. The van der Waals surface area contributed by atoms with Crippen molar-refractivity contribution in [2.75, 3.05) is 20.8 Å². The van der Waals surface area contributed by atoms with Crippen LogP contribution in [0, 0.1) is 5.92 Å². The van der Waals surface area contributed by atoms with Gasteiger partial charge in [0.2, 0.25) is 0 Å². The first-order valence-electron chi connectivity index (χ1n) is 6.67. The Kier molecular flexibility index (Phi) is 7.18. The van der Waals surface area contributed by atoms with Crippen LogP contribution in [0.1, 0.15) is 12.0 Å². The van der Waals surface area contributed by atoms with Crippen LogP contribution in [-0.2, 0) is 25.6 Å². The van der Waals surface area contributed by atoms with E-state index in [9.17, 15) is 9.59 Å². The lowest BCUT2D eigenvalue weighted by atomic mass is 10.00. The molecule has 1 aromatic carbocycles. The predicted molar refractivity (Wildman–Crippen MR) is 79.4 cm³/mol. The second kappa shape index (κ2) is 8.92. The van der Waals surface area contributed by atoms with Crippen molar-refractivity contribution in [2.45, 2.75) is 13.0 Å². The van der Waals surface area contributed by atoms with Crippen molar-refractivity contribution in [3.05, 3.63) is 48.0 Å². The van der Waals surface area contributed by atoms with E-state index < -0.39 is 11.9 Å². The molecule has 5 heteroatoms. The number of esters is 2. The van der Waals surface area contributed by atoms with E-state index >= 15 is 0 Å². The Morgan fingerprint density at radius 1 is 1.19 bits per heavy atom. The van der Waals surface area contributed by atoms with Crippen LogP contribution in [0.15, 0.2) is 42.5 Å². The van der Waals surface area contributed by atoms with Crippen LogP contribution < -0.4 is 5.32 Å². The minimum atomic E-state index is -0.507. The highest BCUT2D eigenvalue weighted by Crippen LogP contribution is 2.13. The summed E-state index contributed by atoms with van der Waals surface area (Å²) in [4.78, 5) is 23.1. The maximum absolute atomic E-state index is 11.7. The SMILES string of the molecule is C=C(CC(CNCc1ccccc1)C(=O)OC)C(=O)OC. The summed E-state index contributed by atoms with van der Waals surface area (Å²) in [5, 5.41) is 3.19. The van der Waals surface area contributed by atoms with Crippen molar-refractivity contribution < 1.29 is 19.1 Å². The van der Waals surface area contributed by atoms with Crippen molar-refractivity contribution >= 4 is 11.9 Å². The Hall–Kier alpha value is -2.14. The van der Waals surface area contributed by atoms with Gasteiger partial charge in [-0.25, -0.2) is 4.79 Å². The second-order valence-electron chi connectivity index (χ2n) is 4.64. The van der Waals surface area contributed by atoms with Gasteiger partial charge in [-0.2, -0.15) is 0 Å². The second-order valence-corrected chi connectivity index (χ2v) is 4.64. The monoisotopic (exact) mass is 291 g/mol. The average Bonchev–Trinajstić information content (AvgIpc) is 2.53. The number of hydrogen-bond donors (Lipinski definition) is 1. The molecule has 1 unspecified atom stereocenters. The van der Waals surface area contributed by atoms with Crippen molar-refractivity contribution in [3.63, 3.8) is 0 Å². The zero-order valence-corrected chi connectivity index (χ0v) is 12.4. The molecule has 0 amide bonds. The van der Waals surface area contributed by atoms with E-state index in [1.807, 2.05) is 30.3 Å². The van der Waals surface area contributed by atoms with Gasteiger partial charge in [0, 0.05) is 18.7 Å².